The zero-order valence-corrected chi connectivity index (χ0v) is 15.2. The van der Waals surface area contributed by atoms with E-state index in [1.165, 1.54) is 22.6 Å². The molecular formula is C18H18Cl2N2S. The molecule has 2 aromatic rings. The molecule has 0 amide bonds. The van der Waals surface area contributed by atoms with Crippen LogP contribution in [0.5, 0.6) is 0 Å². The summed E-state index contributed by atoms with van der Waals surface area (Å²) < 4.78 is 0. The van der Waals surface area contributed by atoms with Crippen LogP contribution in [-0.2, 0) is 0 Å². The molecule has 0 radical (unpaired) electrons. The molecule has 0 saturated carbocycles. The van der Waals surface area contributed by atoms with Crippen LogP contribution in [0.1, 0.15) is 17.9 Å². The molecule has 0 spiro atoms. The number of rotatable bonds is 2. The van der Waals surface area contributed by atoms with Gasteiger partial charge in [0, 0.05) is 28.3 Å². The standard InChI is InChI=1S/C18H18Cl2N2S/c1-22-9-8-15-12(10-22)11-4-2-7-16(17(11)21-15)23-18-13(19)5-3-6-14(18)20/h2-7,12,15,21H,8-10H2,1H3. The van der Waals surface area contributed by atoms with Crippen molar-refractivity contribution in [2.75, 3.05) is 25.5 Å². The summed E-state index contributed by atoms with van der Waals surface area (Å²) in [4.78, 5) is 4.55. The molecule has 0 aromatic heterocycles. The van der Waals surface area contributed by atoms with E-state index in [4.69, 9.17) is 23.2 Å². The zero-order valence-electron chi connectivity index (χ0n) is 12.9. The predicted molar refractivity (Wildman–Crippen MR) is 99.3 cm³/mol. The van der Waals surface area contributed by atoms with Crippen LogP contribution < -0.4 is 5.32 Å². The first-order valence-electron chi connectivity index (χ1n) is 7.83. The van der Waals surface area contributed by atoms with Gasteiger partial charge in [-0.25, -0.2) is 0 Å². The highest BCUT2D eigenvalue weighted by molar-refractivity contribution is 7.99. The van der Waals surface area contributed by atoms with Gasteiger partial charge in [-0.3, -0.25) is 0 Å². The molecular weight excluding hydrogens is 347 g/mol. The SMILES string of the molecule is CN1CCC2Nc3c(Sc4c(Cl)cccc4Cl)cccc3C2C1. The van der Waals surface area contributed by atoms with E-state index >= 15 is 0 Å². The monoisotopic (exact) mass is 364 g/mol. The first-order chi connectivity index (χ1) is 11.1. The lowest BCUT2D eigenvalue weighted by Crippen LogP contribution is -2.39. The molecule has 2 nitrogen and oxygen atoms in total. The van der Waals surface area contributed by atoms with Crippen LogP contribution in [0.25, 0.3) is 0 Å². The number of hydrogen-bond acceptors (Lipinski definition) is 3. The fourth-order valence-electron chi connectivity index (χ4n) is 3.57. The molecule has 0 bridgehead atoms. The third kappa shape index (κ3) is 2.85. The van der Waals surface area contributed by atoms with Gasteiger partial charge in [0.05, 0.1) is 15.7 Å². The highest BCUT2D eigenvalue weighted by Gasteiger charge is 2.36. The second-order valence-electron chi connectivity index (χ2n) is 6.28. The Kier molecular flexibility index (Phi) is 4.22. The molecule has 2 atom stereocenters. The van der Waals surface area contributed by atoms with Gasteiger partial charge in [-0.05, 0) is 43.8 Å². The van der Waals surface area contributed by atoms with Crippen molar-refractivity contribution in [2.24, 2.45) is 0 Å². The van der Waals surface area contributed by atoms with Crippen LogP contribution in [0.15, 0.2) is 46.2 Å². The van der Waals surface area contributed by atoms with E-state index in [0.717, 1.165) is 18.0 Å². The van der Waals surface area contributed by atoms with Crippen LogP contribution in [0.4, 0.5) is 5.69 Å². The predicted octanol–water partition coefficient (Wildman–Crippen LogP) is 5.36. The van der Waals surface area contributed by atoms with Crippen molar-refractivity contribution in [3.63, 3.8) is 0 Å². The summed E-state index contributed by atoms with van der Waals surface area (Å²) in [6.45, 7) is 2.27. The van der Waals surface area contributed by atoms with E-state index in [2.05, 4.69) is 35.5 Å². The van der Waals surface area contributed by atoms with Gasteiger partial charge in [-0.15, -0.1) is 0 Å². The van der Waals surface area contributed by atoms with Gasteiger partial charge < -0.3 is 10.2 Å². The van der Waals surface area contributed by atoms with E-state index in [9.17, 15) is 0 Å². The molecule has 2 aliphatic heterocycles. The van der Waals surface area contributed by atoms with Gasteiger partial charge in [-0.2, -0.15) is 0 Å². The lowest BCUT2D eigenvalue weighted by Gasteiger charge is -2.32. The van der Waals surface area contributed by atoms with Crippen molar-refractivity contribution in [2.45, 2.75) is 28.2 Å². The van der Waals surface area contributed by atoms with E-state index in [1.54, 1.807) is 11.8 Å². The Morgan fingerprint density at radius 2 is 1.87 bits per heavy atom. The summed E-state index contributed by atoms with van der Waals surface area (Å²) >= 11 is 14.3. The second kappa shape index (κ2) is 6.21. The first-order valence-corrected chi connectivity index (χ1v) is 9.40. The first kappa shape index (κ1) is 15.6. The molecule has 1 saturated heterocycles. The Morgan fingerprint density at radius 1 is 1.13 bits per heavy atom. The number of nitrogens with one attached hydrogen (secondary N) is 1. The van der Waals surface area contributed by atoms with E-state index < -0.39 is 0 Å². The summed E-state index contributed by atoms with van der Waals surface area (Å²) in [6, 6.07) is 12.8. The minimum atomic E-state index is 0.546. The number of likely N-dealkylation sites (tertiary alicyclic amines) is 1. The Morgan fingerprint density at radius 3 is 2.65 bits per heavy atom. The maximum atomic E-state index is 6.34. The number of nitrogens with zero attached hydrogens (tertiary/aromatic N) is 1. The average Bonchev–Trinajstić information content (AvgIpc) is 2.90. The highest BCUT2D eigenvalue weighted by Crippen LogP contribution is 2.48. The summed E-state index contributed by atoms with van der Waals surface area (Å²) in [6.07, 6.45) is 1.19. The van der Waals surface area contributed by atoms with Crippen molar-refractivity contribution >= 4 is 40.7 Å². The van der Waals surface area contributed by atoms with Gasteiger partial charge in [0.1, 0.15) is 0 Å². The Labute approximate surface area is 151 Å². The van der Waals surface area contributed by atoms with Crippen molar-refractivity contribution in [1.82, 2.24) is 4.90 Å². The molecule has 1 N–H and O–H groups in total. The molecule has 2 unspecified atom stereocenters. The number of para-hydroxylation sites is 1. The summed E-state index contributed by atoms with van der Waals surface area (Å²) in [5.74, 6) is 0.575. The number of likely N-dealkylation sites (N-methyl/N-ethyl adjacent to an activating group) is 1. The van der Waals surface area contributed by atoms with Crippen molar-refractivity contribution in [3.8, 4) is 0 Å². The molecule has 5 heteroatoms. The molecule has 2 aromatic carbocycles. The fourth-order valence-corrected chi connectivity index (χ4v) is 5.18. The Balaban J connectivity index is 1.70. The molecule has 0 aliphatic carbocycles. The lowest BCUT2D eigenvalue weighted by molar-refractivity contribution is 0.243. The maximum Gasteiger partial charge on any atom is 0.0560 e. The third-order valence-corrected chi connectivity index (χ3v) is 6.79. The van der Waals surface area contributed by atoms with Gasteiger partial charge in [0.2, 0.25) is 0 Å². The smallest absolute Gasteiger partial charge is 0.0560 e. The largest absolute Gasteiger partial charge is 0.380 e. The Hall–Kier alpha value is -0.870. The number of anilines is 1. The zero-order chi connectivity index (χ0) is 16.0. The van der Waals surface area contributed by atoms with E-state index in [0.29, 0.717) is 22.0 Å². The van der Waals surface area contributed by atoms with Crippen LogP contribution in [0.2, 0.25) is 10.0 Å². The number of benzene rings is 2. The molecule has 23 heavy (non-hydrogen) atoms. The van der Waals surface area contributed by atoms with Gasteiger partial charge in [0.25, 0.3) is 0 Å². The minimum Gasteiger partial charge on any atom is -0.380 e. The second-order valence-corrected chi connectivity index (χ2v) is 8.15. The van der Waals surface area contributed by atoms with E-state index in [1.807, 2.05) is 18.2 Å². The summed E-state index contributed by atoms with van der Waals surface area (Å²) in [5.41, 5.74) is 2.69. The number of piperidine rings is 1. The highest BCUT2D eigenvalue weighted by atomic mass is 35.5. The van der Waals surface area contributed by atoms with Gasteiger partial charge in [0.15, 0.2) is 0 Å². The average molecular weight is 365 g/mol. The van der Waals surface area contributed by atoms with Crippen molar-refractivity contribution in [1.29, 1.82) is 0 Å². The van der Waals surface area contributed by atoms with Crippen LogP contribution in [0.3, 0.4) is 0 Å². The fraction of sp³-hybridized carbons (Fsp3) is 0.333. The van der Waals surface area contributed by atoms with E-state index in [-0.39, 0.29) is 0 Å². The lowest BCUT2D eigenvalue weighted by atomic mass is 9.90. The van der Waals surface area contributed by atoms with Crippen LogP contribution in [0, 0.1) is 0 Å². The molecule has 1 fully saturated rings. The third-order valence-electron chi connectivity index (χ3n) is 4.73. The normalized spacial score (nSPS) is 23.3. The summed E-state index contributed by atoms with van der Waals surface area (Å²) in [7, 11) is 2.20. The minimum absolute atomic E-state index is 0.546. The number of fused-ring (bicyclic) bond motifs is 3. The number of hydrogen-bond donors (Lipinski definition) is 1. The van der Waals surface area contributed by atoms with Crippen LogP contribution >= 0.6 is 35.0 Å². The van der Waals surface area contributed by atoms with Gasteiger partial charge in [-0.1, -0.05) is 53.2 Å². The topological polar surface area (TPSA) is 15.3 Å². The van der Waals surface area contributed by atoms with Gasteiger partial charge >= 0.3 is 0 Å². The quantitative estimate of drug-likeness (QED) is 0.772. The summed E-state index contributed by atoms with van der Waals surface area (Å²) in [5, 5.41) is 5.16. The number of halogens is 2. The Bertz CT molecular complexity index is 730. The van der Waals surface area contributed by atoms with Crippen molar-refractivity contribution in [3.05, 3.63) is 52.0 Å². The molecule has 120 valence electrons. The molecule has 2 heterocycles. The maximum absolute atomic E-state index is 6.34. The van der Waals surface area contributed by atoms with Crippen molar-refractivity contribution < 1.29 is 0 Å². The molecule has 4 rings (SSSR count). The van der Waals surface area contributed by atoms with Crippen LogP contribution in [-0.4, -0.2) is 31.1 Å². The molecule has 2 aliphatic rings.